The number of aromatic nitrogens is 2. The van der Waals surface area contributed by atoms with E-state index < -0.39 is 28.1 Å². The molecule has 2 aromatic rings. The molecule has 1 atom stereocenters. The number of anilines is 1. The molecule has 0 aliphatic heterocycles. The Morgan fingerprint density at radius 1 is 1.24 bits per heavy atom. The number of carbonyl (C=O) groups is 2. The average Bonchev–Trinajstić information content (AvgIpc) is 3.15. The van der Waals surface area contributed by atoms with Crippen LogP contribution in [0.2, 0.25) is 0 Å². The van der Waals surface area contributed by atoms with Gasteiger partial charge in [-0.2, -0.15) is 9.97 Å². The molecule has 0 aliphatic carbocycles. The maximum Gasteiger partial charge on any atom is 0.335 e. The minimum absolute atomic E-state index is 0.0990. The number of urea groups is 1. The summed E-state index contributed by atoms with van der Waals surface area (Å²) in [6, 6.07) is 1.71. The van der Waals surface area contributed by atoms with Gasteiger partial charge in [-0.3, -0.25) is 10.1 Å². The fourth-order valence-corrected chi connectivity index (χ4v) is 4.70. The molecule has 2 amide bonds. The third kappa shape index (κ3) is 5.92. The van der Waals surface area contributed by atoms with Crippen molar-refractivity contribution in [3.8, 4) is 11.8 Å². The molecule has 0 saturated heterocycles. The molecule has 0 fully saturated rings. The predicted octanol–water partition coefficient (Wildman–Crippen LogP) is 1.91. The number of ether oxygens (including phenoxy) is 3. The summed E-state index contributed by atoms with van der Waals surface area (Å²) in [6.45, 7) is 1.17. The summed E-state index contributed by atoms with van der Waals surface area (Å²) in [6.07, 6.45) is -0.985. The van der Waals surface area contributed by atoms with Crippen molar-refractivity contribution in [3.05, 3.63) is 23.1 Å². The van der Waals surface area contributed by atoms with E-state index in [1.807, 2.05) is 4.72 Å². The standard InChI is InChI=1S/C15H17ClN4O7S2/c1-8(21)27-10(7-16)9-4-5-28-13(9)29(23,24)20-15(22)19-14-17-11(25-2)6-12(18-14)26-3/h4-6,10H,7H2,1-3H3,(H2,17,18,19,20,22). The number of nitrogens with one attached hydrogen (secondary N) is 2. The molecule has 2 heterocycles. The number of hydrogen-bond donors (Lipinski definition) is 2. The summed E-state index contributed by atoms with van der Waals surface area (Å²) >= 11 is 6.62. The van der Waals surface area contributed by atoms with Crippen LogP contribution in [0.25, 0.3) is 0 Å². The third-order valence-corrected chi connectivity index (χ3v) is 6.37. The van der Waals surface area contributed by atoms with E-state index in [1.165, 1.54) is 38.7 Å². The quantitative estimate of drug-likeness (QED) is 0.441. The summed E-state index contributed by atoms with van der Waals surface area (Å²) in [5.74, 6) is -0.828. The molecule has 158 valence electrons. The number of sulfonamides is 1. The van der Waals surface area contributed by atoms with E-state index in [0.717, 1.165) is 11.3 Å². The fourth-order valence-electron chi connectivity index (χ4n) is 2.11. The maximum absolute atomic E-state index is 12.6. The maximum atomic E-state index is 12.6. The zero-order valence-corrected chi connectivity index (χ0v) is 17.9. The monoisotopic (exact) mass is 464 g/mol. The van der Waals surface area contributed by atoms with Gasteiger partial charge in [-0.25, -0.2) is 17.9 Å². The van der Waals surface area contributed by atoms with Gasteiger partial charge in [-0.05, 0) is 11.4 Å². The Morgan fingerprint density at radius 2 is 1.86 bits per heavy atom. The minimum atomic E-state index is -4.30. The third-order valence-electron chi connectivity index (χ3n) is 3.25. The highest BCUT2D eigenvalue weighted by molar-refractivity contribution is 7.92. The second kappa shape index (κ2) is 9.71. The number of hydrogen-bond acceptors (Lipinski definition) is 10. The second-order valence-electron chi connectivity index (χ2n) is 5.25. The lowest BCUT2D eigenvalue weighted by molar-refractivity contribution is -0.145. The van der Waals surface area contributed by atoms with E-state index >= 15 is 0 Å². The van der Waals surface area contributed by atoms with Crippen LogP contribution in [0.4, 0.5) is 10.7 Å². The molecule has 2 rings (SSSR count). The van der Waals surface area contributed by atoms with Crippen LogP contribution in [0, 0.1) is 0 Å². The lowest BCUT2D eigenvalue weighted by atomic mass is 10.2. The van der Waals surface area contributed by atoms with Gasteiger partial charge in [0.05, 0.1) is 26.2 Å². The number of carbonyl (C=O) groups excluding carboxylic acids is 2. The van der Waals surface area contributed by atoms with Crippen molar-refractivity contribution >= 4 is 50.9 Å². The summed E-state index contributed by atoms with van der Waals surface area (Å²) in [7, 11) is -1.60. The molecule has 1 unspecified atom stereocenters. The Labute approximate surface area is 175 Å². The van der Waals surface area contributed by atoms with E-state index in [0.29, 0.717) is 0 Å². The first-order valence-electron chi connectivity index (χ1n) is 7.81. The highest BCUT2D eigenvalue weighted by atomic mass is 35.5. The second-order valence-corrected chi connectivity index (χ2v) is 8.35. The van der Waals surface area contributed by atoms with Crippen LogP contribution < -0.4 is 19.5 Å². The van der Waals surface area contributed by atoms with Crippen LogP contribution in [0.1, 0.15) is 18.6 Å². The summed E-state index contributed by atoms with van der Waals surface area (Å²) in [5, 5.41) is 3.66. The van der Waals surface area contributed by atoms with Crippen molar-refractivity contribution in [3.63, 3.8) is 0 Å². The number of amides is 2. The van der Waals surface area contributed by atoms with Gasteiger partial charge in [0, 0.05) is 12.5 Å². The van der Waals surface area contributed by atoms with Gasteiger partial charge in [-0.15, -0.1) is 22.9 Å². The summed E-state index contributed by atoms with van der Waals surface area (Å²) in [4.78, 5) is 31.1. The Balaban J connectivity index is 2.21. The number of alkyl halides is 1. The van der Waals surface area contributed by atoms with Crippen LogP contribution in [0.3, 0.4) is 0 Å². The van der Waals surface area contributed by atoms with Crippen molar-refractivity contribution in [2.45, 2.75) is 17.2 Å². The van der Waals surface area contributed by atoms with E-state index in [4.69, 9.17) is 25.8 Å². The minimum Gasteiger partial charge on any atom is -0.481 e. The first-order valence-corrected chi connectivity index (χ1v) is 10.7. The van der Waals surface area contributed by atoms with Crippen molar-refractivity contribution in [1.82, 2.24) is 14.7 Å². The number of thiophene rings is 1. The van der Waals surface area contributed by atoms with Gasteiger partial charge in [-0.1, -0.05) is 0 Å². The predicted molar refractivity (Wildman–Crippen MR) is 104 cm³/mol. The van der Waals surface area contributed by atoms with Crippen molar-refractivity contribution in [2.24, 2.45) is 0 Å². The van der Waals surface area contributed by atoms with Gasteiger partial charge >= 0.3 is 12.0 Å². The van der Waals surface area contributed by atoms with E-state index in [2.05, 4.69) is 15.3 Å². The Morgan fingerprint density at radius 3 is 2.38 bits per heavy atom. The number of nitrogens with zero attached hydrogens (tertiary/aromatic N) is 2. The van der Waals surface area contributed by atoms with Crippen molar-refractivity contribution in [2.75, 3.05) is 25.4 Å². The molecular weight excluding hydrogens is 448 g/mol. The Hall–Kier alpha value is -2.64. The summed E-state index contributed by atoms with van der Waals surface area (Å²) in [5.41, 5.74) is 0.153. The van der Waals surface area contributed by atoms with Gasteiger partial charge in [0.1, 0.15) is 10.3 Å². The van der Waals surface area contributed by atoms with Crippen LogP contribution >= 0.6 is 22.9 Å². The Bertz CT molecular complexity index is 974. The zero-order chi connectivity index (χ0) is 21.6. The van der Waals surface area contributed by atoms with Crippen molar-refractivity contribution < 1.29 is 32.2 Å². The highest BCUT2D eigenvalue weighted by Crippen LogP contribution is 2.31. The van der Waals surface area contributed by atoms with E-state index in [9.17, 15) is 18.0 Å². The normalized spacial score (nSPS) is 12.0. The van der Waals surface area contributed by atoms with Crippen LogP contribution in [0.5, 0.6) is 11.8 Å². The smallest absolute Gasteiger partial charge is 0.335 e. The Kier molecular flexibility index (Phi) is 7.59. The topological polar surface area (TPSA) is 146 Å². The molecule has 14 heteroatoms. The molecule has 2 N–H and O–H groups in total. The number of esters is 1. The van der Waals surface area contributed by atoms with Gasteiger partial charge in [0.2, 0.25) is 17.7 Å². The molecule has 0 bridgehead atoms. The number of halogens is 1. The first kappa shape index (κ1) is 22.6. The van der Waals surface area contributed by atoms with E-state index in [1.54, 1.807) is 0 Å². The van der Waals surface area contributed by atoms with Gasteiger partial charge in [0.15, 0.2) is 0 Å². The molecule has 11 nitrogen and oxygen atoms in total. The molecule has 0 spiro atoms. The molecule has 2 aromatic heterocycles. The molecule has 0 aromatic carbocycles. The SMILES string of the molecule is COc1cc(OC)nc(NC(=O)NS(=O)(=O)c2sccc2C(CCl)OC(C)=O)n1. The van der Waals surface area contributed by atoms with Crippen molar-refractivity contribution in [1.29, 1.82) is 0 Å². The van der Waals surface area contributed by atoms with Gasteiger partial charge < -0.3 is 14.2 Å². The van der Waals surface area contributed by atoms with Crippen LogP contribution in [-0.2, 0) is 19.6 Å². The fraction of sp³-hybridized carbons (Fsp3) is 0.333. The molecule has 0 saturated carbocycles. The lowest BCUT2D eigenvalue weighted by Crippen LogP contribution is -2.35. The highest BCUT2D eigenvalue weighted by Gasteiger charge is 2.28. The average molecular weight is 465 g/mol. The molecule has 0 radical (unpaired) electrons. The zero-order valence-electron chi connectivity index (χ0n) is 15.5. The van der Waals surface area contributed by atoms with Crippen LogP contribution in [0.15, 0.2) is 21.7 Å². The molecule has 0 aliphatic rings. The molecule has 29 heavy (non-hydrogen) atoms. The number of rotatable bonds is 8. The lowest BCUT2D eigenvalue weighted by Gasteiger charge is -2.15. The first-order chi connectivity index (χ1) is 13.7. The molecular formula is C15H17ClN4O7S2. The van der Waals surface area contributed by atoms with Gasteiger partial charge in [0.25, 0.3) is 10.0 Å². The number of methoxy groups -OCH3 is 2. The van der Waals surface area contributed by atoms with E-state index in [-0.39, 0.29) is 33.4 Å². The summed E-state index contributed by atoms with van der Waals surface area (Å²) < 4.78 is 41.8. The van der Waals surface area contributed by atoms with Crippen LogP contribution in [-0.4, -0.2) is 50.5 Å². The largest absolute Gasteiger partial charge is 0.481 e.